The van der Waals surface area contributed by atoms with Crippen LogP contribution in [0.3, 0.4) is 0 Å². The number of allylic oxidation sites excluding steroid dienone is 1. The number of hydrazone groups is 1. The van der Waals surface area contributed by atoms with Crippen molar-refractivity contribution in [3.05, 3.63) is 94.4 Å². The fourth-order valence-electron chi connectivity index (χ4n) is 4.47. The van der Waals surface area contributed by atoms with Gasteiger partial charge < -0.3 is 39.4 Å². The standard InChI is InChI=1S/C32H35FN4O8/c1-5-43-27-15-21(30-29(31(39)42-4)19(2)35-32(40)36-30)11-13-25(27)45-18-28(38)37-34-16-20-10-12-24(26(14-20)41-3)44-17-22-8-6-7-9-23(22)33/h6-16,28,30,37-38H,5,17-18H2,1-4H3,(H2,35,36,40)/b34-16-/t28-,30-/m1/s1. The van der Waals surface area contributed by atoms with Crippen molar-refractivity contribution in [1.29, 1.82) is 0 Å². The molecule has 0 unspecified atom stereocenters. The van der Waals surface area contributed by atoms with Crippen LogP contribution in [0.4, 0.5) is 9.18 Å². The summed E-state index contributed by atoms with van der Waals surface area (Å²) in [5.41, 5.74) is 4.87. The van der Waals surface area contributed by atoms with Crippen LogP contribution in [0.25, 0.3) is 0 Å². The van der Waals surface area contributed by atoms with E-state index in [-0.39, 0.29) is 24.6 Å². The largest absolute Gasteiger partial charge is 0.493 e. The maximum Gasteiger partial charge on any atom is 0.337 e. The Hall–Kier alpha value is -5.30. The van der Waals surface area contributed by atoms with Crippen LogP contribution in [0.5, 0.6) is 23.0 Å². The van der Waals surface area contributed by atoms with E-state index in [1.54, 1.807) is 68.4 Å². The molecule has 0 saturated heterocycles. The Morgan fingerprint density at radius 2 is 1.80 bits per heavy atom. The van der Waals surface area contributed by atoms with Crippen LogP contribution in [0.1, 0.15) is 36.6 Å². The van der Waals surface area contributed by atoms with Crippen molar-refractivity contribution in [3.63, 3.8) is 0 Å². The van der Waals surface area contributed by atoms with E-state index in [0.29, 0.717) is 52.0 Å². The molecule has 13 heteroatoms. The number of amides is 2. The van der Waals surface area contributed by atoms with E-state index in [1.807, 2.05) is 0 Å². The maximum atomic E-state index is 13.9. The molecule has 2 atom stereocenters. The molecule has 3 aromatic rings. The first kappa shape index (κ1) is 32.6. The van der Waals surface area contributed by atoms with E-state index >= 15 is 0 Å². The van der Waals surface area contributed by atoms with Crippen LogP contribution in [0.15, 0.2) is 77.0 Å². The zero-order chi connectivity index (χ0) is 32.3. The molecular formula is C32H35FN4O8. The van der Waals surface area contributed by atoms with Gasteiger partial charge in [0.05, 0.1) is 38.7 Å². The molecule has 4 rings (SSSR count). The number of aliphatic hydroxyl groups is 1. The lowest BCUT2D eigenvalue weighted by Crippen LogP contribution is -2.45. The van der Waals surface area contributed by atoms with Crippen LogP contribution >= 0.6 is 0 Å². The molecular weight excluding hydrogens is 587 g/mol. The maximum absolute atomic E-state index is 13.9. The van der Waals surface area contributed by atoms with E-state index < -0.39 is 24.3 Å². The van der Waals surface area contributed by atoms with E-state index in [4.69, 9.17) is 23.7 Å². The minimum atomic E-state index is -1.18. The minimum absolute atomic E-state index is 0.0395. The average Bonchev–Trinajstić information content (AvgIpc) is 3.03. The zero-order valence-electron chi connectivity index (χ0n) is 25.3. The lowest BCUT2D eigenvalue weighted by Gasteiger charge is -2.28. The molecule has 1 aliphatic heterocycles. The van der Waals surface area contributed by atoms with Crippen LogP contribution in [-0.2, 0) is 16.1 Å². The van der Waals surface area contributed by atoms with Crippen molar-refractivity contribution in [3.8, 4) is 23.0 Å². The normalized spacial score (nSPS) is 15.2. The predicted octanol–water partition coefficient (Wildman–Crippen LogP) is 3.93. The summed E-state index contributed by atoms with van der Waals surface area (Å²) in [4.78, 5) is 24.6. The Morgan fingerprint density at radius 1 is 1.04 bits per heavy atom. The number of halogens is 1. The third-order valence-corrected chi connectivity index (χ3v) is 6.64. The van der Waals surface area contributed by atoms with E-state index in [2.05, 4.69) is 21.2 Å². The Labute approximate surface area is 259 Å². The van der Waals surface area contributed by atoms with Crippen molar-refractivity contribution in [2.24, 2.45) is 5.10 Å². The number of rotatable bonds is 14. The monoisotopic (exact) mass is 622 g/mol. The van der Waals surface area contributed by atoms with Gasteiger partial charge in [-0.3, -0.25) is 5.43 Å². The Kier molecular flexibility index (Phi) is 11.2. The molecule has 0 spiro atoms. The third kappa shape index (κ3) is 8.42. The number of esters is 1. The van der Waals surface area contributed by atoms with Crippen LogP contribution in [0.2, 0.25) is 0 Å². The second-order valence-corrected chi connectivity index (χ2v) is 9.71. The number of benzene rings is 3. The highest BCUT2D eigenvalue weighted by atomic mass is 19.1. The van der Waals surface area contributed by atoms with Gasteiger partial charge in [-0.1, -0.05) is 24.3 Å². The smallest absolute Gasteiger partial charge is 0.337 e. The van der Waals surface area contributed by atoms with Gasteiger partial charge in [0.15, 0.2) is 29.2 Å². The molecule has 0 aliphatic carbocycles. The van der Waals surface area contributed by atoms with Crippen molar-refractivity contribution >= 4 is 18.2 Å². The van der Waals surface area contributed by atoms with E-state index in [1.165, 1.54) is 26.5 Å². The highest BCUT2D eigenvalue weighted by molar-refractivity contribution is 5.95. The number of ether oxygens (including phenoxy) is 5. The van der Waals surface area contributed by atoms with Gasteiger partial charge in [0.25, 0.3) is 0 Å². The zero-order valence-corrected chi connectivity index (χ0v) is 25.3. The minimum Gasteiger partial charge on any atom is -0.493 e. The number of nitrogens with one attached hydrogen (secondary N) is 3. The molecule has 12 nitrogen and oxygen atoms in total. The molecule has 0 bridgehead atoms. The van der Waals surface area contributed by atoms with Gasteiger partial charge >= 0.3 is 12.0 Å². The summed E-state index contributed by atoms with van der Waals surface area (Å²) in [6.45, 7) is 3.59. The second kappa shape index (κ2) is 15.4. The van der Waals surface area contributed by atoms with Crippen LogP contribution in [0, 0.1) is 5.82 Å². The van der Waals surface area contributed by atoms with Crippen LogP contribution < -0.4 is 35.0 Å². The fraction of sp³-hybridized carbons (Fsp3) is 0.281. The van der Waals surface area contributed by atoms with Gasteiger partial charge in [0, 0.05) is 11.3 Å². The summed E-state index contributed by atoms with van der Waals surface area (Å²) in [5.74, 6) is 0.617. The number of carbonyl (C=O) groups is 2. The first-order valence-corrected chi connectivity index (χ1v) is 14.0. The highest BCUT2D eigenvalue weighted by Gasteiger charge is 2.32. The number of hydrogen-bond donors (Lipinski definition) is 4. The third-order valence-electron chi connectivity index (χ3n) is 6.64. The van der Waals surface area contributed by atoms with Crippen LogP contribution in [-0.4, -0.2) is 57.0 Å². The SMILES string of the molecule is CCOc1cc([C@H]2NC(=O)NC(C)=C2C(=O)OC)ccc1OC[C@@H](O)N/N=C\c1ccc(OCc2ccccc2F)c(OC)c1. The predicted molar refractivity (Wildman–Crippen MR) is 163 cm³/mol. The molecule has 0 aromatic heterocycles. The van der Waals surface area contributed by atoms with Crippen molar-refractivity contribution in [2.45, 2.75) is 32.7 Å². The molecule has 1 heterocycles. The van der Waals surface area contributed by atoms with Gasteiger partial charge in [-0.05, 0) is 61.4 Å². The number of aliphatic hydroxyl groups excluding tert-OH is 1. The Balaban J connectivity index is 1.37. The first-order valence-electron chi connectivity index (χ1n) is 14.0. The number of hydrogen-bond acceptors (Lipinski definition) is 10. The molecule has 0 fully saturated rings. The Bertz CT molecular complexity index is 1580. The summed E-state index contributed by atoms with van der Waals surface area (Å²) in [6, 6.07) is 15.2. The fourth-order valence-corrected chi connectivity index (χ4v) is 4.47. The Morgan fingerprint density at radius 3 is 2.53 bits per heavy atom. The summed E-state index contributed by atoms with van der Waals surface area (Å²) < 4.78 is 41.5. The van der Waals surface area contributed by atoms with Crippen molar-refractivity contribution in [2.75, 3.05) is 27.4 Å². The second-order valence-electron chi connectivity index (χ2n) is 9.71. The summed E-state index contributed by atoms with van der Waals surface area (Å²) in [5, 5.41) is 19.8. The topological polar surface area (TPSA) is 149 Å². The van der Waals surface area contributed by atoms with E-state index in [9.17, 15) is 19.1 Å². The first-order chi connectivity index (χ1) is 21.7. The van der Waals surface area contributed by atoms with Gasteiger partial charge in [-0.15, -0.1) is 0 Å². The summed E-state index contributed by atoms with van der Waals surface area (Å²) >= 11 is 0. The van der Waals surface area contributed by atoms with Crippen molar-refractivity contribution in [1.82, 2.24) is 16.1 Å². The number of nitrogens with zero attached hydrogens (tertiary/aromatic N) is 1. The molecule has 0 saturated carbocycles. The molecule has 2 amide bonds. The van der Waals surface area contributed by atoms with Gasteiger partial charge in [0.2, 0.25) is 0 Å². The number of carbonyl (C=O) groups excluding carboxylic acids is 2. The summed E-state index contributed by atoms with van der Waals surface area (Å²) in [7, 11) is 2.76. The van der Waals surface area contributed by atoms with Crippen molar-refractivity contribution < 1.29 is 42.8 Å². The molecule has 238 valence electrons. The molecule has 1 aliphatic rings. The number of methoxy groups -OCH3 is 2. The quantitative estimate of drug-likeness (QED) is 0.0908. The molecule has 45 heavy (non-hydrogen) atoms. The molecule has 4 N–H and O–H groups in total. The van der Waals surface area contributed by atoms with Gasteiger partial charge in [-0.2, -0.15) is 5.10 Å². The summed E-state index contributed by atoms with van der Waals surface area (Å²) in [6.07, 6.45) is 0.301. The van der Waals surface area contributed by atoms with E-state index in [0.717, 1.165) is 0 Å². The average molecular weight is 623 g/mol. The van der Waals surface area contributed by atoms with Gasteiger partial charge in [0.1, 0.15) is 19.0 Å². The van der Waals surface area contributed by atoms with Gasteiger partial charge in [-0.25, -0.2) is 14.0 Å². The number of urea groups is 1. The molecule has 3 aromatic carbocycles. The lowest BCUT2D eigenvalue weighted by atomic mass is 9.95. The lowest BCUT2D eigenvalue weighted by molar-refractivity contribution is -0.136. The molecule has 0 radical (unpaired) electrons. The highest BCUT2D eigenvalue weighted by Crippen LogP contribution is 2.35.